The molecule has 5 nitrogen and oxygen atoms in total. The number of hydrazine groups is 1. The predicted molar refractivity (Wildman–Crippen MR) is 82.4 cm³/mol. The van der Waals surface area contributed by atoms with Gasteiger partial charge in [0.2, 0.25) is 0 Å². The fourth-order valence-corrected chi connectivity index (χ4v) is 2.03. The van der Waals surface area contributed by atoms with Gasteiger partial charge < -0.3 is 0 Å². The highest BCUT2D eigenvalue weighted by Crippen LogP contribution is 2.14. The van der Waals surface area contributed by atoms with Gasteiger partial charge >= 0.3 is 0 Å². The van der Waals surface area contributed by atoms with Crippen LogP contribution in [0.15, 0.2) is 47.5 Å². The zero-order valence-electron chi connectivity index (χ0n) is 11.1. The first kappa shape index (κ1) is 15.3. The van der Waals surface area contributed by atoms with E-state index >= 15 is 0 Å². The molecule has 0 saturated heterocycles. The van der Waals surface area contributed by atoms with E-state index in [0.29, 0.717) is 16.3 Å². The van der Waals surface area contributed by atoms with Crippen LogP contribution in [0.5, 0.6) is 0 Å². The molecule has 0 bridgehead atoms. The topological polar surface area (TPSA) is 71.1 Å². The van der Waals surface area contributed by atoms with E-state index < -0.39 is 11.8 Å². The lowest BCUT2D eigenvalue weighted by Crippen LogP contribution is -2.41. The molecule has 108 valence electrons. The van der Waals surface area contributed by atoms with Crippen molar-refractivity contribution >= 4 is 35.2 Å². The van der Waals surface area contributed by atoms with E-state index in [1.54, 1.807) is 23.9 Å². The van der Waals surface area contributed by atoms with Gasteiger partial charge in [-0.2, -0.15) is 0 Å². The molecule has 1 aromatic heterocycles. The molecule has 0 aliphatic carbocycles. The number of carbonyl (C=O) groups excluding carboxylic acids is 2. The van der Waals surface area contributed by atoms with Crippen LogP contribution in [0.25, 0.3) is 0 Å². The quantitative estimate of drug-likeness (QED) is 0.518. The zero-order valence-corrected chi connectivity index (χ0v) is 12.7. The summed E-state index contributed by atoms with van der Waals surface area (Å²) in [5, 5.41) is 0.296. The van der Waals surface area contributed by atoms with E-state index in [0.717, 1.165) is 4.90 Å². The van der Waals surface area contributed by atoms with Crippen LogP contribution in [0.2, 0.25) is 5.15 Å². The van der Waals surface area contributed by atoms with Crippen molar-refractivity contribution in [1.82, 2.24) is 15.8 Å². The molecule has 2 aromatic rings. The molecule has 0 unspecified atom stereocenters. The number of hydrogen-bond donors (Lipinski definition) is 2. The van der Waals surface area contributed by atoms with Gasteiger partial charge in [0.05, 0.1) is 5.56 Å². The summed E-state index contributed by atoms with van der Waals surface area (Å²) in [4.78, 5) is 28.5. The molecule has 2 N–H and O–H groups in total. The summed E-state index contributed by atoms with van der Waals surface area (Å²) in [7, 11) is 0. The molecule has 21 heavy (non-hydrogen) atoms. The first-order chi connectivity index (χ1) is 10.1. The first-order valence-electron chi connectivity index (χ1n) is 5.96. The van der Waals surface area contributed by atoms with Gasteiger partial charge in [-0.15, -0.1) is 11.8 Å². The second kappa shape index (κ2) is 7.10. The Kier molecular flexibility index (Phi) is 5.19. The number of aromatic nitrogens is 1. The van der Waals surface area contributed by atoms with E-state index in [9.17, 15) is 9.59 Å². The number of nitrogens with one attached hydrogen (secondary N) is 2. The summed E-state index contributed by atoms with van der Waals surface area (Å²) in [6.07, 6.45) is 3.28. The van der Waals surface area contributed by atoms with Crippen molar-refractivity contribution in [2.75, 3.05) is 6.26 Å². The van der Waals surface area contributed by atoms with Crippen LogP contribution in [0, 0.1) is 0 Å². The highest BCUT2D eigenvalue weighted by atomic mass is 35.5. The van der Waals surface area contributed by atoms with Gasteiger partial charge in [0.1, 0.15) is 5.15 Å². The summed E-state index contributed by atoms with van der Waals surface area (Å²) in [5.74, 6) is -0.855. The number of carbonyl (C=O) groups is 2. The van der Waals surface area contributed by atoms with Crippen LogP contribution in [0.3, 0.4) is 0 Å². The molecular weight excluding hydrogens is 310 g/mol. The molecule has 0 atom stereocenters. The standard InChI is InChI=1S/C14H12ClN3O2S/c1-21-11-5-2-9(3-6-11)13(19)17-18-14(20)10-4-7-12(15)16-8-10/h2-8H,1H3,(H,17,19)(H,18,20). The van der Waals surface area contributed by atoms with Crippen molar-refractivity contribution < 1.29 is 9.59 Å². The molecule has 0 saturated carbocycles. The SMILES string of the molecule is CSc1ccc(C(=O)NNC(=O)c2ccc(Cl)nc2)cc1. The van der Waals surface area contributed by atoms with Crippen molar-refractivity contribution in [2.45, 2.75) is 4.90 Å². The highest BCUT2D eigenvalue weighted by Gasteiger charge is 2.09. The second-order valence-corrected chi connectivity index (χ2v) is 5.27. The van der Waals surface area contributed by atoms with Crippen molar-refractivity contribution in [3.8, 4) is 0 Å². The summed E-state index contributed by atoms with van der Waals surface area (Å²) >= 11 is 7.22. The zero-order chi connectivity index (χ0) is 15.2. The average molecular weight is 322 g/mol. The van der Waals surface area contributed by atoms with E-state index in [4.69, 9.17) is 11.6 Å². The van der Waals surface area contributed by atoms with Gasteiger partial charge in [-0.25, -0.2) is 4.98 Å². The van der Waals surface area contributed by atoms with E-state index in [2.05, 4.69) is 15.8 Å². The lowest BCUT2D eigenvalue weighted by molar-refractivity contribution is 0.0846. The second-order valence-electron chi connectivity index (χ2n) is 4.01. The Morgan fingerprint density at radius 2 is 1.57 bits per heavy atom. The molecule has 0 aliphatic heterocycles. The normalized spacial score (nSPS) is 10.0. The number of thioether (sulfide) groups is 1. The number of halogens is 1. The third kappa shape index (κ3) is 4.21. The number of pyridine rings is 1. The monoisotopic (exact) mass is 321 g/mol. The van der Waals surface area contributed by atoms with E-state index in [1.807, 2.05) is 18.4 Å². The van der Waals surface area contributed by atoms with Crippen LogP contribution in [-0.4, -0.2) is 23.1 Å². The van der Waals surface area contributed by atoms with Gasteiger partial charge in [-0.1, -0.05) is 11.6 Å². The molecular formula is C14H12ClN3O2S. The van der Waals surface area contributed by atoms with Crippen LogP contribution in [0.1, 0.15) is 20.7 Å². The van der Waals surface area contributed by atoms with Gasteiger partial charge in [0.25, 0.3) is 11.8 Å². The lowest BCUT2D eigenvalue weighted by Gasteiger charge is -2.07. The van der Waals surface area contributed by atoms with Gasteiger partial charge in [-0.3, -0.25) is 20.4 Å². The van der Waals surface area contributed by atoms with Crippen molar-refractivity contribution in [3.63, 3.8) is 0 Å². The van der Waals surface area contributed by atoms with Gasteiger partial charge in [0, 0.05) is 16.7 Å². The van der Waals surface area contributed by atoms with Gasteiger partial charge in [0.15, 0.2) is 0 Å². The summed E-state index contributed by atoms with van der Waals surface area (Å²) in [6.45, 7) is 0. The minimum atomic E-state index is -0.465. The summed E-state index contributed by atoms with van der Waals surface area (Å²) < 4.78 is 0. The minimum Gasteiger partial charge on any atom is -0.267 e. The Labute approximate surface area is 131 Å². The molecule has 7 heteroatoms. The number of rotatable bonds is 3. The van der Waals surface area contributed by atoms with Crippen molar-refractivity contribution in [3.05, 3.63) is 58.9 Å². The van der Waals surface area contributed by atoms with Crippen LogP contribution >= 0.6 is 23.4 Å². The van der Waals surface area contributed by atoms with Gasteiger partial charge in [-0.05, 0) is 42.7 Å². The Morgan fingerprint density at radius 3 is 2.10 bits per heavy atom. The average Bonchev–Trinajstić information content (AvgIpc) is 2.53. The van der Waals surface area contributed by atoms with Crippen molar-refractivity contribution in [1.29, 1.82) is 0 Å². The molecule has 0 radical (unpaired) electrons. The maximum absolute atomic E-state index is 11.9. The maximum Gasteiger partial charge on any atom is 0.271 e. The third-order valence-electron chi connectivity index (χ3n) is 2.63. The first-order valence-corrected chi connectivity index (χ1v) is 7.56. The number of nitrogens with zero attached hydrogens (tertiary/aromatic N) is 1. The third-order valence-corrected chi connectivity index (χ3v) is 3.60. The predicted octanol–water partition coefficient (Wildman–Crippen LogP) is 2.53. The fraction of sp³-hybridized carbons (Fsp3) is 0.0714. The van der Waals surface area contributed by atoms with E-state index in [1.165, 1.54) is 18.3 Å². The molecule has 0 spiro atoms. The summed E-state index contributed by atoms with van der Waals surface area (Å²) in [6, 6.07) is 10.1. The van der Waals surface area contributed by atoms with Crippen molar-refractivity contribution in [2.24, 2.45) is 0 Å². The number of benzene rings is 1. The molecule has 1 aromatic carbocycles. The highest BCUT2D eigenvalue weighted by molar-refractivity contribution is 7.98. The molecule has 2 amide bonds. The molecule has 0 fully saturated rings. The number of hydrogen-bond acceptors (Lipinski definition) is 4. The summed E-state index contributed by atoms with van der Waals surface area (Å²) in [5.41, 5.74) is 5.43. The minimum absolute atomic E-state index is 0.296. The molecule has 0 aliphatic rings. The van der Waals surface area contributed by atoms with Crippen LogP contribution in [0.4, 0.5) is 0 Å². The molecule has 1 heterocycles. The number of amides is 2. The van der Waals surface area contributed by atoms with E-state index in [-0.39, 0.29) is 0 Å². The Hall–Kier alpha value is -2.05. The lowest BCUT2D eigenvalue weighted by atomic mass is 10.2. The Bertz CT molecular complexity index is 644. The maximum atomic E-state index is 11.9. The van der Waals surface area contributed by atoms with Crippen LogP contribution in [-0.2, 0) is 0 Å². The fourth-order valence-electron chi connectivity index (χ4n) is 1.51. The largest absolute Gasteiger partial charge is 0.271 e. The molecule has 2 rings (SSSR count). The Morgan fingerprint density at radius 1 is 1.00 bits per heavy atom. The Balaban J connectivity index is 1.93. The van der Waals surface area contributed by atoms with Crippen LogP contribution < -0.4 is 10.9 Å². The smallest absolute Gasteiger partial charge is 0.267 e.